The van der Waals surface area contributed by atoms with E-state index in [1.807, 2.05) is 9.24 Å². The predicted molar refractivity (Wildman–Crippen MR) is 49.2 cm³/mol. The number of halogens is 2. The number of methoxy groups -OCH3 is 1. The lowest BCUT2D eigenvalue weighted by atomic mass is 10.2. The zero-order valence-electron chi connectivity index (χ0n) is 7.17. The van der Waals surface area contributed by atoms with Crippen molar-refractivity contribution in [3.8, 4) is 5.75 Å². The first kappa shape index (κ1) is 10.9. The first-order valence-corrected chi connectivity index (χ1v) is 4.11. The minimum Gasteiger partial charge on any atom is -0.493 e. The summed E-state index contributed by atoms with van der Waals surface area (Å²) in [6.07, 6.45) is 0. The standard InChI is InChI=1S/C8H7F2O3P/c1-13-6-5(10)3(8(11)12)2-4(9)7(6)14/h2H,14H2,1H3,(H,11,12). The van der Waals surface area contributed by atoms with Gasteiger partial charge in [0.05, 0.1) is 12.4 Å². The fourth-order valence-corrected chi connectivity index (χ4v) is 1.30. The van der Waals surface area contributed by atoms with Gasteiger partial charge in [-0.05, 0) is 6.07 Å². The minimum atomic E-state index is -1.54. The molecule has 1 atom stereocenters. The lowest BCUT2D eigenvalue weighted by Gasteiger charge is -2.08. The van der Waals surface area contributed by atoms with Crippen molar-refractivity contribution in [2.24, 2.45) is 0 Å². The SMILES string of the molecule is COc1c(F)c(C(=O)O)cc(F)c1P. The topological polar surface area (TPSA) is 46.5 Å². The van der Waals surface area contributed by atoms with Crippen LogP contribution < -0.4 is 10.0 Å². The molecule has 0 heterocycles. The third kappa shape index (κ3) is 1.68. The zero-order valence-corrected chi connectivity index (χ0v) is 8.33. The van der Waals surface area contributed by atoms with E-state index in [2.05, 4.69) is 4.74 Å². The Hall–Kier alpha value is -1.22. The van der Waals surface area contributed by atoms with E-state index in [0.29, 0.717) is 6.07 Å². The maximum absolute atomic E-state index is 13.3. The third-order valence-corrected chi connectivity index (χ3v) is 2.18. The maximum atomic E-state index is 13.3. The highest BCUT2D eigenvalue weighted by atomic mass is 31.0. The van der Waals surface area contributed by atoms with E-state index < -0.39 is 28.9 Å². The van der Waals surface area contributed by atoms with Crippen molar-refractivity contribution < 1.29 is 23.4 Å². The van der Waals surface area contributed by atoms with Crippen LogP contribution in [-0.4, -0.2) is 18.2 Å². The van der Waals surface area contributed by atoms with Crippen molar-refractivity contribution in [3.63, 3.8) is 0 Å². The summed E-state index contributed by atoms with van der Waals surface area (Å²) in [5.41, 5.74) is -0.745. The first-order chi connectivity index (χ1) is 6.49. The Balaban J connectivity index is 3.50. The van der Waals surface area contributed by atoms with E-state index in [-0.39, 0.29) is 5.30 Å². The largest absolute Gasteiger partial charge is 0.493 e. The third-order valence-electron chi connectivity index (χ3n) is 1.64. The molecule has 6 heteroatoms. The van der Waals surface area contributed by atoms with Crippen molar-refractivity contribution >= 4 is 20.5 Å². The summed E-state index contributed by atoms with van der Waals surface area (Å²) in [7, 11) is 3.08. The van der Waals surface area contributed by atoms with Crippen molar-refractivity contribution in [1.82, 2.24) is 0 Å². The summed E-state index contributed by atoms with van der Waals surface area (Å²) in [5.74, 6) is -3.87. The van der Waals surface area contributed by atoms with Gasteiger partial charge in [-0.2, -0.15) is 0 Å². The van der Waals surface area contributed by atoms with Gasteiger partial charge in [0.25, 0.3) is 0 Å². The van der Waals surface area contributed by atoms with Gasteiger partial charge >= 0.3 is 5.97 Å². The Labute approximate surface area is 80.9 Å². The number of aromatic carboxylic acids is 1. The van der Waals surface area contributed by atoms with Crippen molar-refractivity contribution in [1.29, 1.82) is 0 Å². The van der Waals surface area contributed by atoms with Gasteiger partial charge in [-0.1, -0.05) is 9.24 Å². The monoisotopic (exact) mass is 220 g/mol. The minimum absolute atomic E-state index is 0.130. The van der Waals surface area contributed by atoms with Gasteiger partial charge in [-0.15, -0.1) is 0 Å². The summed E-state index contributed by atoms with van der Waals surface area (Å²) in [4.78, 5) is 10.5. The summed E-state index contributed by atoms with van der Waals surface area (Å²) < 4.78 is 30.9. The predicted octanol–water partition coefficient (Wildman–Crippen LogP) is 1.17. The summed E-state index contributed by atoms with van der Waals surface area (Å²) in [6.45, 7) is 0. The number of carboxylic acids is 1. The molecule has 0 fully saturated rings. The molecule has 0 bridgehead atoms. The molecule has 0 radical (unpaired) electrons. The maximum Gasteiger partial charge on any atom is 0.338 e. The highest BCUT2D eigenvalue weighted by Crippen LogP contribution is 2.22. The van der Waals surface area contributed by atoms with Gasteiger partial charge in [-0.25, -0.2) is 13.6 Å². The number of hydrogen-bond donors (Lipinski definition) is 1. The van der Waals surface area contributed by atoms with Crippen LogP contribution in [0, 0.1) is 11.6 Å². The Bertz CT molecular complexity index is 393. The Morgan fingerprint density at radius 3 is 2.57 bits per heavy atom. The van der Waals surface area contributed by atoms with E-state index in [1.165, 1.54) is 0 Å². The smallest absolute Gasteiger partial charge is 0.338 e. The van der Waals surface area contributed by atoms with Crippen LogP contribution in [0.25, 0.3) is 0 Å². The number of rotatable bonds is 2. The van der Waals surface area contributed by atoms with Crippen LogP contribution in [0.15, 0.2) is 6.07 Å². The van der Waals surface area contributed by atoms with Crippen LogP contribution in [0.3, 0.4) is 0 Å². The average Bonchev–Trinajstić information content (AvgIpc) is 2.12. The van der Waals surface area contributed by atoms with Gasteiger partial charge < -0.3 is 9.84 Å². The van der Waals surface area contributed by atoms with Crippen LogP contribution in [0.4, 0.5) is 8.78 Å². The second-order valence-electron chi connectivity index (χ2n) is 2.47. The fourth-order valence-electron chi connectivity index (χ4n) is 0.972. The summed E-state index contributed by atoms with van der Waals surface area (Å²) in [5, 5.41) is 8.40. The van der Waals surface area contributed by atoms with Crippen LogP contribution in [0.1, 0.15) is 10.4 Å². The Kier molecular flexibility index (Phi) is 3.01. The molecule has 76 valence electrons. The van der Waals surface area contributed by atoms with Crippen LogP contribution in [-0.2, 0) is 0 Å². The molecule has 0 spiro atoms. The van der Waals surface area contributed by atoms with Crippen LogP contribution in [0.5, 0.6) is 5.75 Å². The molecular weight excluding hydrogens is 213 g/mol. The summed E-state index contributed by atoms with van der Waals surface area (Å²) >= 11 is 0. The molecule has 14 heavy (non-hydrogen) atoms. The van der Waals surface area contributed by atoms with Crippen molar-refractivity contribution in [3.05, 3.63) is 23.3 Å². The molecule has 1 rings (SSSR count). The van der Waals surface area contributed by atoms with E-state index in [4.69, 9.17) is 5.11 Å². The van der Waals surface area contributed by atoms with Gasteiger partial charge in [0.2, 0.25) is 0 Å². The Morgan fingerprint density at radius 1 is 1.57 bits per heavy atom. The molecule has 3 nitrogen and oxygen atoms in total. The van der Waals surface area contributed by atoms with E-state index in [1.54, 1.807) is 0 Å². The highest BCUT2D eigenvalue weighted by Gasteiger charge is 2.20. The molecule has 0 aromatic heterocycles. The van der Waals surface area contributed by atoms with Crippen molar-refractivity contribution in [2.75, 3.05) is 7.11 Å². The van der Waals surface area contributed by atoms with E-state index in [9.17, 15) is 13.6 Å². The number of hydrogen-bond acceptors (Lipinski definition) is 2. The molecule has 0 aliphatic heterocycles. The second kappa shape index (κ2) is 3.88. The zero-order chi connectivity index (χ0) is 10.9. The van der Waals surface area contributed by atoms with E-state index in [0.717, 1.165) is 7.11 Å². The molecule has 1 unspecified atom stereocenters. The molecule has 1 aromatic carbocycles. The highest BCUT2D eigenvalue weighted by molar-refractivity contribution is 7.27. The van der Waals surface area contributed by atoms with Gasteiger partial charge in [0.1, 0.15) is 11.4 Å². The lowest BCUT2D eigenvalue weighted by molar-refractivity contribution is 0.0690. The molecule has 0 aliphatic rings. The molecule has 1 aromatic rings. The molecule has 1 N–H and O–H groups in total. The van der Waals surface area contributed by atoms with E-state index >= 15 is 0 Å². The van der Waals surface area contributed by atoms with Gasteiger partial charge in [0, 0.05) is 0 Å². The normalized spacial score (nSPS) is 10.0. The summed E-state index contributed by atoms with van der Waals surface area (Å²) in [6, 6.07) is 0.614. The molecule has 0 aliphatic carbocycles. The van der Waals surface area contributed by atoms with Crippen molar-refractivity contribution in [2.45, 2.75) is 0 Å². The van der Waals surface area contributed by atoms with Gasteiger partial charge in [0.15, 0.2) is 11.6 Å². The van der Waals surface area contributed by atoms with Crippen LogP contribution in [0.2, 0.25) is 0 Å². The molecule has 0 saturated heterocycles. The first-order valence-electron chi connectivity index (χ1n) is 3.53. The second-order valence-corrected chi connectivity index (χ2v) is 3.05. The molecular formula is C8H7F2O3P. The quantitative estimate of drug-likeness (QED) is 0.761. The number of carbonyl (C=O) groups is 1. The molecule has 0 amide bonds. The number of benzene rings is 1. The number of ether oxygens (including phenoxy) is 1. The lowest BCUT2D eigenvalue weighted by Crippen LogP contribution is -2.12. The average molecular weight is 220 g/mol. The molecule has 0 saturated carbocycles. The fraction of sp³-hybridized carbons (Fsp3) is 0.125. The number of carboxylic acid groups (broad SMARTS) is 1. The van der Waals surface area contributed by atoms with Crippen LogP contribution >= 0.6 is 9.24 Å². The van der Waals surface area contributed by atoms with Gasteiger partial charge in [-0.3, -0.25) is 0 Å². The Morgan fingerprint density at radius 2 is 2.14 bits per heavy atom.